The molecule has 5 atom stereocenters. The molecule has 2 saturated heterocycles. The molecule has 202 valence electrons. The third-order valence-electron chi connectivity index (χ3n) is 8.18. The summed E-state index contributed by atoms with van der Waals surface area (Å²) in [6.45, 7) is 1.04. The molecular weight excluding hydrogens is 514 g/mol. The number of carbonyl (C=O) groups excluding carboxylic acids is 3. The van der Waals surface area contributed by atoms with Gasteiger partial charge in [-0.1, -0.05) is 54.6 Å². The van der Waals surface area contributed by atoms with E-state index < -0.39 is 22.6 Å². The number of aliphatic hydroxyl groups excluding tert-OH is 1. The number of aliphatic hydroxyl groups is 1. The summed E-state index contributed by atoms with van der Waals surface area (Å²) in [5.74, 6) is -1.14. The van der Waals surface area contributed by atoms with Crippen LogP contribution in [0.25, 0.3) is 0 Å². The number of rotatable bonds is 6. The second-order valence-electron chi connectivity index (χ2n) is 10.3. The number of carbonyl (C=O) groups is 3. The van der Waals surface area contributed by atoms with Crippen LogP contribution in [-0.2, 0) is 20.9 Å². The number of benzene rings is 2. The Kier molecular flexibility index (Phi) is 6.72. The van der Waals surface area contributed by atoms with E-state index >= 15 is 0 Å². The summed E-state index contributed by atoms with van der Waals surface area (Å²) < 4.78 is 4.37. The van der Waals surface area contributed by atoms with Gasteiger partial charge < -0.3 is 24.5 Å². The zero-order valence-corrected chi connectivity index (χ0v) is 22.5. The second-order valence-corrected chi connectivity index (χ2v) is 11.8. The number of ether oxygens (including phenoxy) is 1. The van der Waals surface area contributed by atoms with E-state index in [2.05, 4.69) is 0 Å². The summed E-state index contributed by atoms with van der Waals surface area (Å²) in [6.07, 6.45) is 7.98. The molecule has 0 bridgehead atoms. The largest absolute Gasteiger partial charge is 0.497 e. The molecule has 2 fully saturated rings. The van der Waals surface area contributed by atoms with Crippen LogP contribution in [0.5, 0.6) is 5.75 Å². The van der Waals surface area contributed by atoms with E-state index in [9.17, 15) is 19.5 Å². The van der Waals surface area contributed by atoms with Crippen LogP contribution in [-0.4, -0.2) is 82.0 Å². The van der Waals surface area contributed by atoms with Crippen molar-refractivity contribution in [1.29, 1.82) is 0 Å². The van der Waals surface area contributed by atoms with Gasteiger partial charge in [0.05, 0.1) is 30.3 Å². The molecule has 1 spiro atoms. The Morgan fingerprint density at radius 1 is 0.974 bits per heavy atom. The highest BCUT2D eigenvalue weighted by molar-refractivity contribution is 8.02. The lowest BCUT2D eigenvalue weighted by Crippen LogP contribution is -2.53. The van der Waals surface area contributed by atoms with Crippen LogP contribution < -0.4 is 9.64 Å². The molecule has 2 aromatic rings. The topological polar surface area (TPSA) is 90.4 Å². The molecule has 1 N–H and O–H groups in total. The maximum Gasteiger partial charge on any atom is 0.251 e. The van der Waals surface area contributed by atoms with Gasteiger partial charge in [0.15, 0.2) is 0 Å². The number of β-amino-alcohol motifs (C(OH)–C–C–N with tert-alkyl or cyclic N) is 1. The number of fused-ring (bicyclic) bond motifs is 2. The molecule has 39 heavy (non-hydrogen) atoms. The summed E-state index contributed by atoms with van der Waals surface area (Å²) in [5.41, 5.74) is 1.72. The zero-order chi connectivity index (χ0) is 27.1. The summed E-state index contributed by atoms with van der Waals surface area (Å²) in [7, 11) is 1.59. The number of thioether (sulfide) groups is 1. The lowest BCUT2D eigenvalue weighted by atomic mass is 9.78. The average molecular weight is 546 g/mol. The van der Waals surface area contributed by atoms with Crippen molar-refractivity contribution in [2.75, 3.05) is 38.3 Å². The third-order valence-corrected chi connectivity index (χ3v) is 9.93. The van der Waals surface area contributed by atoms with Crippen LogP contribution in [0.2, 0.25) is 0 Å². The number of methoxy groups -OCH3 is 1. The second kappa shape index (κ2) is 10.2. The van der Waals surface area contributed by atoms with Crippen molar-refractivity contribution in [1.82, 2.24) is 9.80 Å². The molecule has 4 heterocycles. The highest BCUT2D eigenvalue weighted by Crippen LogP contribution is 2.61. The van der Waals surface area contributed by atoms with Crippen LogP contribution in [0.4, 0.5) is 5.69 Å². The fourth-order valence-electron chi connectivity index (χ4n) is 6.48. The first-order valence-corrected chi connectivity index (χ1v) is 14.1. The van der Waals surface area contributed by atoms with Crippen molar-refractivity contribution < 1.29 is 24.2 Å². The molecule has 0 aliphatic carbocycles. The quantitative estimate of drug-likeness (QED) is 0.561. The van der Waals surface area contributed by atoms with Gasteiger partial charge in [-0.25, -0.2) is 0 Å². The molecule has 1 unspecified atom stereocenters. The van der Waals surface area contributed by atoms with Crippen LogP contribution in [0.1, 0.15) is 5.56 Å². The standard InChI is InChI=1S/C30H31N3O5S/c1-38-22-12-10-21(11-13-22)32-16-6-14-30-25(28(36)33(17-18-34)26(30)29(32)37)24-23(39-30)9-5-15-31(27(24)35)19-20-7-3-2-4-8-20/h2-14,23-26,34H,15-19H2,1H3/t23-,24+,25-,26?,30-/m0/s1. The van der Waals surface area contributed by atoms with Crippen LogP contribution >= 0.6 is 11.8 Å². The van der Waals surface area contributed by atoms with Crippen molar-refractivity contribution in [2.24, 2.45) is 11.8 Å². The normalized spacial score (nSPS) is 29.7. The Bertz CT molecular complexity index is 1330. The predicted octanol–water partition coefficient (Wildman–Crippen LogP) is 2.49. The number of anilines is 1. The van der Waals surface area contributed by atoms with Crippen molar-refractivity contribution in [2.45, 2.75) is 22.6 Å². The molecule has 4 aliphatic heterocycles. The van der Waals surface area contributed by atoms with E-state index in [-0.39, 0.29) is 36.1 Å². The Labute approximate surface area is 231 Å². The number of nitrogens with zero attached hydrogens (tertiary/aromatic N) is 3. The molecule has 0 saturated carbocycles. The van der Waals surface area contributed by atoms with Crippen LogP contribution in [0.15, 0.2) is 78.9 Å². The Hall–Kier alpha value is -3.56. The third kappa shape index (κ3) is 4.15. The first kappa shape index (κ1) is 25.7. The number of hydrogen-bond acceptors (Lipinski definition) is 6. The van der Waals surface area contributed by atoms with Gasteiger partial charge in [0.1, 0.15) is 11.8 Å². The van der Waals surface area contributed by atoms with E-state index in [0.717, 1.165) is 5.56 Å². The molecule has 6 rings (SSSR count). The molecule has 2 aromatic carbocycles. The number of likely N-dealkylation sites (tertiary alicyclic amines) is 1. The highest BCUT2D eigenvalue weighted by atomic mass is 32.2. The summed E-state index contributed by atoms with van der Waals surface area (Å²) >= 11 is 1.54. The minimum Gasteiger partial charge on any atom is -0.497 e. The van der Waals surface area contributed by atoms with Gasteiger partial charge in [-0.05, 0) is 29.8 Å². The molecule has 0 aromatic heterocycles. The lowest BCUT2D eigenvalue weighted by molar-refractivity contribution is -0.143. The monoisotopic (exact) mass is 545 g/mol. The van der Waals surface area contributed by atoms with E-state index in [1.807, 2.05) is 66.8 Å². The number of hydrogen-bond donors (Lipinski definition) is 1. The van der Waals surface area contributed by atoms with Crippen molar-refractivity contribution >= 4 is 35.2 Å². The van der Waals surface area contributed by atoms with E-state index in [1.165, 1.54) is 4.90 Å². The smallest absolute Gasteiger partial charge is 0.251 e. The molecular formula is C30H31N3O5S. The minimum atomic E-state index is -0.907. The summed E-state index contributed by atoms with van der Waals surface area (Å²) in [6, 6.07) is 16.2. The van der Waals surface area contributed by atoms with E-state index in [4.69, 9.17) is 4.74 Å². The first-order chi connectivity index (χ1) is 19.0. The van der Waals surface area contributed by atoms with Gasteiger partial charge in [0.25, 0.3) is 5.91 Å². The van der Waals surface area contributed by atoms with Gasteiger partial charge in [0.2, 0.25) is 11.8 Å². The highest BCUT2D eigenvalue weighted by Gasteiger charge is 2.71. The van der Waals surface area contributed by atoms with Crippen LogP contribution in [0.3, 0.4) is 0 Å². The Morgan fingerprint density at radius 3 is 2.46 bits per heavy atom. The SMILES string of the molecule is COc1ccc(N2CC=C[C@]34S[C@H]5C=CCN(Cc6ccccc6)C(=O)[C@H]5[C@H]3C(=O)N(CCO)C4C2=O)cc1. The van der Waals surface area contributed by atoms with Crippen molar-refractivity contribution in [3.8, 4) is 5.75 Å². The Morgan fingerprint density at radius 2 is 1.74 bits per heavy atom. The number of amides is 3. The summed E-state index contributed by atoms with van der Waals surface area (Å²) in [5, 5.41) is 9.66. The maximum absolute atomic E-state index is 14.3. The van der Waals surface area contributed by atoms with Crippen LogP contribution in [0, 0.1) is 11.8 Å². The molecule has 3 amide bonds. The van der Waals surface area contributed by atoms with Crippen molar-refractivity contribution in [3.05, 3.63) is 84.5 Å². The van der Waals surface area contributed by atoms with E-state index in [0.29, 0.717) is 31.1 Å². The van der Waals surface area contributed by atoms with Gasteiger partial charge in [-0.2, -0.15) is 0 Å². The van der Waals surface area contributed by atoms with Crippen molar-refractivity contribution in [3.63, 3.8) is 0 Å². The minimum absolute atomic E-state index is 0.0352. The van der Waals surface area contributed by atoms with E-state index in [1.54, 1.807) is 40.8 Å². The predicted molar refractivity (Wildman–Crippen MR) is 149 cm³/mol. The summed E-state index contributed by atoms with van der Waals surface area (Å²) in [4.78, 5) is 47.4. The maximum atomic E-state index is 14.3. The molecule has 0 radical (unpaired) electrons. The molecule has 9 heteroatoms. The van der Waals surface area contributed by atoms with Gasteiger partial charge in [0, 0.05) is 37.1 Å². The fourth-order valence-corrected chi connectivity index (χ4v) is 8.48. The van der Waals surface area contributed by atoms with Gasteiger partial charge in [-0.15, -0.1) is 11.8 Å². The van der Waals surface area contributed by atoms with Gasteiger partial charge in [-0.3, -0.25) is 14.4 Å². The first-order valence-electron chi connectivity index (χ1n) is 13.2. The van der Waals surface area contributed by atoms with Gasteiger partial charge >= 0.3 is 0 Å². The average Bonchev–Trinajstić information content (AvgIpc) is 3.26. The zero-order valence-electron chi connectivity index (χ0n) is 21.7. The Balaban J connectivity index is 1.38. The molecule has 4 aliphatic rings. The fraction of sp³-hybridized carbons (Fsp3) is 0.367. The molecule has 8 nitrogen and oxygen atoms in total. The lowest BCUT2D eigenvalue weighted by Gasteiger charge is -2.35.